The van der Waals surface area contributed by atoms with Crippen molar-refractivity contribution in [1.29, 1.82) is 5.26 Å². The number of aliphatic carboxylic acids is 1. The van der Waals surface area contributed by atoms with Crippen molar-refractivity contribution in [3.05, 3.63) is 0 Å². The molecular formula is C8H13N3O3. The highest BCUT2D eigenvalue weighted by Gasteiger charge is 2.13. The molecule has 0 spiro atoms. The molecule has 0 bridgehead atoms. The number of carbonyl (C=O) groups excluding carboxylic acids is 1. The van der Waals surface area contributed by atoms with Gasteiger partial charge in [-0.25, -0.2) is 0 Å². The van der Waals surface area contributed by atoms with Crippen molar-refractivity contribution >= 4 is 11.9 Å². The Kier molecular flexibility index (Phi) is 6.07. The molecule has 0 aromatic carbocycles. The Morgan fingerprint density at radius 3 is 2.71 bits per heavy atom. The number of nitrogens with two attached hydrogens (primary N) is 1. The summed E-state index contributed by atoms with van der Waals surface area (Å²) in [5, 5.41) is 18.9. The smallest absolute Gasteiger partial charge is 0.303 e. The second-order valence-electron chi connectivity index (χ2n) is 2.74. The molecule has 0 saturated heterocycles. The summed E-state index contributed by atoms with van der Waals surface area (Å²) in [4.78, 5) is 21.2. The number of carboxylic acids is 1. The van der Waals surface area contributed by atoms with Crippen molar-refractivity contribution in [1.82, 2.24) is 5.32 Å². The summed E-state index contributed by atoms with van der Waals surface area (Å²) in [6.45, 7) is 0.246. The normalized spacial score (nSPS) is 11.4. The second kappa shape index (κ2) is 6.86. The number of nitriles is 1. The molecule has 4 N–H and O–H groups in total. The molecule has 0 saturated carbocycles. The highest BCUT2D eigenvalue weighted by atomic mass is 16.4. The van der Waals surface area contributed by atoms with E-state index in [-0.39, 0.29) is 25.8 Å². The molecule has 0 heterocycles. The summed E-state index contributed by atoms with van der Waals surface area (Å²) < 4.78 is 0. The van der Waals surface area contributed by atoms with Gasteiger partial charge in [-0.3, -0.25) is 9.59 Å². The molecule has 0 aliphatic carbocycles. The zero-order chi connectivity index (χ0) is 11.0. The minimum Gasteiger partial charge on any atom is -0.481 e. The minimum atomic E-state index is -0.981. The maximum atomic E-state index is 11.1. The number of hydrogen-bond acceptors (Lipinski definition) is 4. The first-order valence-corrected chi connectivity index (χ1v) is 4.20. The molecule has 78 valence electrons. The molecule has 0 radical (unpaired) electrons. The first-order valence-electron chi connectivity index (χ1n) is 4.20. The quantitative estimate of drug-likeness (QED) is 0.484. The minimum absolute atomic E-state index is 0.105. The molecule has 0 aromatic heterocycles. The fraction of sp³-hybridized carbons (Fsp3) is 0.625. The standard InChI is InChI=1S/C8H13N3O3/c9-4-1-5-11-8(14)6(10)2-3-7(12)13/h6H,1-3,5,10H2,(H,11,14)(H,12,13). The lowest BCUT2D eigenvalue weighted by molar-refractivity contribution is -0.137. The van der Waals surface area contributed by atoms with E-state index in [0.717, 1.165) is 0 Å². The van der Waals surface area contributed by atoms with Gasteiger partial charge in [0.25, 0.3) is 0 Å². The lowest BCUT2D eigenvalue weighted by Gasteiger charge is -2.09. The number of carbonyl (C=O) groups is 2. The van der Waals surface area contributed by atoms with Gasteiger partial charge >= 0.3 is 5.97 Å². The lowest BCUT2D eigenvalue weighted by Crippen LogP contribution is -2.41. The Hall–Kier alpha value is -1.61. The van der Waals surface area contributed by atoms with Gasteiger partial charge in [0.1, 0.15) is 0 Å². The summed E-state index contributed by atoms with van der Waals surface area (Å²) in [6, 6.07) is 1.05. The van der Waals surface area contributed by atoms with Crippen LogP contribution in [0.5, 0.6) is 0 Å². The number of rotatable bonds is 6. The topological polar surface area (TPSA) is 116 Å². The fourth-order valence-corrected chi connectivity index (χ4v) is 0.783. The highest BCUT2D eigenvalue weighted by Crippen LogP contribution is 1.94. The summed E-state index contributed by atoms with van der Waals surface area (Å²) in [6.07, 6.45) is 0.192. The van der Waals surface area contributed by atoms with Crippen LogP contribution in [0, 0.1) is 11.3 Å². The van der Waals surface area contributed by atoms with Crippen LogP contribution >= 0.6 is 0 Å². The maximum Gasteiger partial charge on any atom is 0.303 e. The third-order valence-electron chi connectivity index (χ3n) is 1.54. The zero-order valence-electron chi connectivity index (χ0n) is 7.69. The average Bonchev–Trinajstić information content (AvgIpc) is 2.14. The average molecular weight is 199 g/mol. The summed E-state index contributed by atoms with van der Waals surface area (Å²) >= 11 is 0. The van der Waals surface area contributed by atoms with Crippen molar-refractivity contribution in [3.63, 3.8) is 0 Å². The Morgan fingerprint density at radius 1 is 1.57 bits per heavy atom. The van der Waals surface area contributed by atoms with E-state index in [0.29, 0.717) is 0 Å². The van der Waals surface area contributed by atoms with Gasteiger partial charge in [0.15, 0.2) is 0 Å². The van der Waals surface area contributed by atoms with Gasteiger partial charge in [-0.2, -0.15) is 5.26 Å². The molecule has 14 heavy (non-hydrogen) atoms. The lowest BCUT2D eigenvalue weighted by atomic mass is 10.1. The van der Waals surface area contributed by atoms with Gasteiger partial charge in [0.2, 0.25) is 5.91 Å². The van der Waals surface area contributed by atoms with Gasteiger partial charge in [-0.15, -0.1) is 0 Å². The van der Waals surface area contributed by atoms with E-state index in [1.165, 1.54) is 0 Å². The number of hydrogen-bond donors (Lipinski definition) is 3. The van der Waals surface area contributed by atoms with Crippen LogP contribution in [0.25, 0.3) is 0 Å². The van der Waals surface area contributed by atoms with Gasteiger partial charge < -0.3 is 16.2 Å². The Morgan fingerprint density at radius 2 is 2.21 bits per heavy atom. The van der Waals surface area contributed by atoms with Gasteiger partial charge in [-0.1, -0.05) is 0 Å². The molecule has 6 heteroatoms. The van der Waals surface area contributed by atoms with Crippen molar-refractivity contribution < 1.29 is 14.7 Å². The van der Waals surface area contributed by atoms with Crippen molar-refractivity contribution in [2.24, 2.45) is 5.73 Å². The third kappa shape index (κ3) is 5.97. The predicted molar refractivity (Wildman–Crippen MR) is 48.1 cm³/mol. The second-order valence-corrected chi connectivity index (χ2v) is 2.74. The van der Waals surface area contributed by atoms with E-state index in [9.17, 15) is 9.59 Å². The van der Waals surface area contributed by atoms with E-state index in [1.54, 1.807) is 0 Å². The molecule has 0 rings (SSSR count). The van der Waals surface area contributed by atoms with Crippen molar-refractivity contribution in [3.8, 4) is 6.07 Å². The SMILES string of the molecule is N#CCCNC(=O)C(N)CCC(=O)O. The molecule has 1 atom stereocenters. The van der Waals surface area contributed by atoms with Crippen LogP contribution in [-0.2, 0) is 9.59 Å². The first-order chi connectivity index (χ1) is 6.57. The Labute approximate surface area is 81.7 Å². The Balaban J connectivity index is 3.66. The van der Waals surface area contributed by atoms with Crippen LogP contribution in [0.3, 0.4) is 0 Å². The van der Waals surface area contributed by atoms with Crippen LogP contribution in [0.1, 0.15) is 19.3 Å². The predicted octanol–water partition coefficient (Wildman–Crippen LogP) is -0.792. The van der Waals surface area contributed by atoms with Gasteiger partial charge in [0.05, 0.1) is 18.5 Å². The molecule has 0 aliphatic rings. The van der Waals surface area contributed by atoms with Crippen LogP contribution in [0.2, 0.25) is 0 Å². The molecular weight excluding hydrogens is 186 g/mol. The Bertz CT molecular complexity index is 247. The molecule has 1 amide bonds. The van der Waals surface area contributed by atoms with E-state index < -0.39 is 17.9 Å². The van der Waals surface area contributed by atoms with Crippen LogP contribution in [-0.4, -0.2) is 29.6 Å². The van der Waals surface area contributed by atoms with E-state index in [1.807, 2.05) is 6.07 Å². The maximum absolute atomic E-state index is 11.1. The number of carboxylic acid groups (broad SMARTS) is 1. The largest absolute Gasteiger partial charge is 0.481 e. The van der Waals surface area contributed by atoms with E-state index in [4.69, 9.17) is 16.1 Å². The van der Waals surface area contributed by atoms with Gasteiger partial charge in [0, 0.05) is 13.0 Å². The molecule has 0 aliphatic heterocycles. The summed E-state index contributed by atoms with van der Waals surface area (Å²) in [5.41, 5.74) is 5.39. The van der Waals surface area contributed by atoms with Crippen molar-refractivity contribution in [2.45, 2.75) is 25.3 Å². The summed E-state index contributed by atoms with van der Waals surface area (Å²) in [5.74, 6) is -1.40. The monoisotopic (exact) mass is 199 g/mol. The molecule has 6 nitrogen and oxygen atoms in total. The van der Waals surface area contributed by atoms with E-state index >= 15 is 0 Å². The molecule has 0 aromatic rings. The van der Waals surface area contributed by atoms with Crippen molar-refractivity contribution in [2.75, 3.05) is 6.54 Å². The number of nitrogens with zero attached hydrogens (tertiary/aromatic N) is 1. The number of nitrogens with one attached hydrogen (secondary N) is 1. The van der Waals surface area contributed by atoms with Gasteiger partial charge in [-0.05, 0) is 6.42 Å². The fourth-order valence-electron chi connectivity index (χ4n) is 0.783. The molecule has 1 unspecified atom stereocenters. The highest BCUT2D eigenvalue weighted by molar-refractivity contribution is 5.82. The first kappa shape index (κ1) is 12.4. The van der Waals surface area contributed by atoms with Crippen LogP contribution < -0.4 is 11.1 Å². The zero-order valence-corrected chi connectivity index (χ0v) is 7.69. The summed E-state index contributed by atoms with van der Waals surface area (Å²) in [7, 11) is 0. The number of amides is 1. The van der Waals surface area contributed by atoms with Crippen LogP contribution in [0.15, 0.2) is 0 Å². The third-order valence-corrected chi connectivity index (χ3v) is 1.54. The van der Waals surface area contributed by atoms with E-state index in [2.05, 4.69) is 5.32 Å². The van der Waals surface area contributed by atoms with Crippen LogP contribution in [0.4, 0.5) is 0 Å². The molecule has 0 fully saturated rings.